The number of nitrogens with zero attached hydrogens (tertiary/aromatic N) is 11. The molecule has 2 amide bonds. The predicted octanol–water partition coefficient (Wildman–Crippen LogP) is 1.59. The normalized spacial score (nSPS) is 17.7. The van der Waals surface area contributed by atoms with Crippen molar-refractivity contribution in [3.8, 4) is 11.9 Å². The third-order valence-electron chi connectivity index (χ3n) is 5.75. The van der Waals surface area contributed by atoms with E-state index in [0.29, 0.717) is 44.0 Å². The average molecular weight is 479 g/mol. The van der Waals surface area contributed by atoms with E-state index in [4.69, 9.17) is 5.26 Å². The van der Waals surface area contributed by atoms with Gasteiger partial charge in [-0.3, -0.25) is 4.98 Å². The Kier molecular flexibility index (Phi) is 5.73. The van der Waals surface area contributed by atoms with Gasteiger partial charge in [-0.1, -0.05) is 0 Å². The van der Waals surface area contributed by atoms with Crippen LogP contribution in [0.1, 0.15) is 29.7 Å². The largest absolute Gasteiger partial charge is 0.341 e. The highest BCUT2D eigenvalue weighted by molar-refractivity contribution is 5.78. The van der Waals surface area contributed by atoms with E-state index in [1.807, 2.05) is 11.0 Å². The number of anilines is 1. The number of urea groups is 1. The van der Waals surface area contributed by atoms with Gasteiger partial charge < -0.3 is 9.80 Å². The highest BCUT2D eigenvalue weighted by atomic mass is 19.1. The smallest absolute Gasteiger partial charge is 0.337 e. The summed E-state index contributed by atoms with van der Waals surface area (Å²) in [6.07, 6.45) is 5.78. The van der Waals surface area contributed by atoms with Gasteiger partial charge in [0.15, 0.2) is 11.6 Å². The van der Waals surface area contributed by atoms with Crippen molar-refractivity contribution in [2.24, 2.45) is 5.10 Å². The maximum absolute atomic E-state index is 14.4. The van der Waals surface area contributed by atoms with Crippen molar-refractivity contribution in [2.75, 3.05) is 31.1 Å². The first-order valence-electron chi connectivity index (χ1n) is 10.8. The summed E-state index contributed by atoms with van der Waals surface area (Å²) in [5.41, 5.74) is 0.574. The van der Waals surface area contributed by atoms with E-state index in [0.717, 1.165) is 17.1 Å². The molecule has 0 radical (unpaired) electrons. The van der Waals surface area contributed by atoms with E-state index < -0.39 is 17.7 Å². The number of hydrazone groups is 1. The lowest BCUT2D eigenvalue weighted by atomic mass is 10.1. The van der Waals surface area contributed by atoms with Crippen LogP contribution < -0.4 is 4.90 Å². The quantitative estimate of drug-likeness (QED) is 0.553. The van der Waals surface area contributed by atoms with Gasteiger partial charge in [0, 0.05) is 45.0 Å². The molecule has 3 aromatic heterocycles. The van der Waals surface area contributed by atoms with Gasteiger partial charge >= 0.3 is 6.03 Å². The molecule has 3 aromatic rings. The van der Waals surface area contributed by atoms with Crippen molar-refractivity contribution in [1.29, 1.82) is 5.26 Å². The molecular formula is C21H19F2N11O. The maximum atomic E-state index is 14.4. The highest BCUT2D eigenvalue weighted by Crippen LogP contribution is 2.29. The van der Waals surface area contributed by atoms with Crippen molar-refractivity contribution in [2.45, 2.75) is 19.4 Å². The van der Waals surface area contributed by atoms with Gasteiger partial charge in [0.05, 0.1) is 18.4 Å². The number of aryl methyl sites for hydroxylation is 1. The number of piperazine rings is 1. The lowest BCUT2D eigenvalue weighted by Crippen LogP contribution is -2.52. The molecule has 5 rings (SSSR count). The van der Waals surface area contributed by atoms with Gasteiger partial charge in [-0.25, -0.2) is 28.6 Å². The summed E-state index contributed by atoms with van der Waals surface area (Å²) >= 11 is 0. The van der Waals surface area contributed by atoms with E-state index >= 15 is 0 Å². The van der Waals surface area contributed by atoms with Gasteiger partial charge in [-0.2, -0.15) is 20.0 Å². The van der Waals surface area contributed by atoms with Crippen LogP contribution in [0.15, 0.2) is 29.8 Å². The minimum atomic E-state index is -0.704. The third kappa shape index (κ3) is 4.23. The van der Waals surface area contributed by atoms with E-state index in [1.54, 1.807) is 18.0 Å². The van der Waals surface area contributed by atoms with Crippen molar-refractivity contribution >= 4 is 18.2 Å². The second-order valence-electron chi connectivity index (χ2n) is 7.94. The fourth-order valence-electron chi connectivity index (χ4n) is 4.02. The summed E-state index contributed by atoms with van der Waals surface area (Å²) in [7, 11) is 0. The molecule has 0 unspecified atom stereocenters. The monoisotopic (exact) mass is 479 g/mol. The first-order valence-corrected chi connectivity index (χ1v) is 10.8. The number of amides is 2. The molecule has 1 atom stereocenters. The summed E-state index contributed by atoms with van der Waals surface area (Å²) in [4.78, 5) is 32.8. The van der Waals surface area contributed by atoms with Gasteiger partial charge in [0.1, 0.15) is 17.7 Å². The van der Waals surface area contributed by atoms with Gasteiger partial charge in [-0.15, -0.1) is 5.10 Å². The van der Waals surface area contributed by atoms with E-state index in [9.17, 15) is 13.6 Å². The Bertz CT molecular complexity index is 1340. The first kappa shape index (κ1) is 22.3. The lowest BCUT2D eigenvalue weighted by molar-refractivity contribution is 0.139. The first-order chi connectivity index (χ1) is 16.9. The van der Waals surface area contributed by atoms with Crippen LogP contribution >= 0.6 is 0 Å². The molecule has 2 aliphatic heterocycles. The predicted molar refractivity (Wildman–Crippen MR) is 117 cm³/mol. The van der Waals surface area contributed by atoms with Gasteiger partial charge in [0.2, 0.25) is 5.95 Å². The molecule has 14 heteroatoms. The van der Waals surface area contributed by atoms with Crippen molar-refractivity contribution in [3.63, 3.8) is 0 Å². The zero-order chi connectivity index (χ0) is 24.5. The molecule has 0 aliphatic carbocycles. The standard InChI is InChI=1S/C21H19F2N11O/c1-13-28-18(9-24)30-33(13)19-16(23)12-26-20(29-19)31-4-6-32(7-5-31)21(35)34-17(2-3-27-34)14-8-15(22)11-25-10-14/h3,8,10-12,17H,2,4-7H2,1H3/t17-/m0/s1. The molecule has 5 heterocycles. The Hall–Kier alpha value is -4.54. The van der Waals surface area contributed by atoms with Crippen LogP contribution in [0.4, 0.5) is 19.5 Å². The Morgan fingerprint density at radius 2 is 1.94 bits per heavy atom. The van der Waals surface area contributed by atoms with Gasteiger partial charge in [0.25, 0.3) is 5.82 Å². The molecule has 12 nitrogen and oxygen atoms in total. The molecule has 178 valence electrons. The zero-order valence-corrected chi connectivity index (χ0v) is 18.6. The minimum absolute atomic E-state index is 0.0916. The number of carbonyl (C=O) groups is 1. The van der Waals surface area contributed by atoms with Crippen LogP contribution in [0.3, 0.4) is 0 Å². The number of halogens is 2. The van der Waals surface area contributed by atoms with Crippen LogP contribution in [0.5, 0.6) is 0 Å². The minimum Gasteiger partial charge on any atom is -0.337 e. The van der Waals surface area contributed by atoms with Crippen LogP contribution in [-0.4, -0.2) is 78.0 Å². The molecule has 0 spiro atoms. The molecular weight excluding hydrogens is 460 g/mol. The Labute approximate surface area is 198 Å². The van der Waals surface area contributed by atoms with Crippen LogP contribution in [0.25, 0.3) is 5.82 Å². The average Bonchev–Trinajstić information content (AvgIpc) is 3.51. The van der Waals surface area contributed by atoms with E-state index in [-0.39, 0.29) is 23.6 Å². The fourth-order valence-corrected chi connectivity index (χ4v) is 4.02. The second-order valence-corrected chi connectivity index (χ2v) is 7.94. The number of nitriles is 1. The van der Waals surface area contributed by atoms with E-state index in [2.05, 4.69) is 30.1 Å². The molecule has 1 fully saturated rings. The SMILES string of the molecule is Cc1nc(C#N)nn1-c1nc(N2CCN(C(=O)N3N=CC[C@H]3c3cncc(F)c3)CC2)ncc1F. The van der Waals surface area contributed by atoms with Crippen LogP contribution in [0, 0.1) is 29.9 Å². The van der Waals surface area contributed by atoms with Crippen LogP contribution in [-0.2, 0) is 0 Å². The summed E-state index contributed by atoms with van der Waals surface area (Å²) in [6.45, 7) is 3.11. The molecule has 0 aromatic carbocycles. The Morgan fingerprint density at radius 1 is 1.14 bits per heavy atom. The summed E-state index contributed by atoms with van der Waals surface area (Å²) in [5, 5.41) is 18.5. The number of aromatic nitrogens is 6. The fraction of sp³-hybridized carbons (Fsp3) is 0.333. The number of rotatable bonds is 3. The summed E-state index contributed by atoms with van der Waals surface area (Å²) in [5.74, 6) is -0.799. The molecule has 0 N–H and O–H groups in total. The summed E-state index contributed by atoms with van der Waals surface area (Å²) < 4.78 is 29.2. The number of carbonyl (C=O) groups excluding carboxylic acids is 1. The highest BCUT2D eigenvalue weighted by Gasteiger charge is 2.34. The van der Waals surface area contributed by atoms with Crippen molar-refractivity contribution in [3.05, 3.63) is 53.5 Å². The zero-order valence-electron chi connectivity index (χ0n) is 18.6. The lowest BCUT2D eigenvalue weighted by Gasteiger charge is -2.37. The van der Waals surface area contributed by atoms with Crippen molar-refractivity contribution < 1.29 is 13.6 Å². The Morgan fingerprint density at radius 3 is 2.66 bits per heavy atom. The molecule has 0 saturated carbocycles. The van der Waals surface area contributed by atoms with Crippen LogP contribution in [0.2, 0.25) is 0 Å². The Balaban J connectivity index is 1.28. The summed E-state index contributed by atoms with van der Waals surface area (Å²) in [6, 6.07) is 2.45. The number of hydrogen-bond acceptors (Lipinski definition) is 9. The van der Waals surface area contributed by atoms with Crippen molar-refractivity contribution in [1.82, 2.24) is 39.6 Å². The molecule has 35 heavy (non-hydrogen) atoms. The second kappa shape index (κ2) is 9.01. The number of pyridine rings is 1. The number of hydrogen-bond donors (Lipinski definition) is 0. The molecule has 2 aliphatic rings. The third-order valence-corrected chi connectivity index (χ3v) is 5.75. The van der Waals surface area contributed by atoms with Gasteiger partial charge in [-0.05, 0) is 18.6 Å². The molecule has 0 bridgehead atoms. The maximum Gasteiger partial charge on any atom is 0.341 e. The molecule has 1 saturated heterocycles. The topological polar surface area (TPSA) is 132 Å². The van der Waals surface area contributed by atoms with E-state index in [1.165, 1.54) is 17.3 Å².